The largest absolute Gasteiger partial charge is 0.474 e. The highest BCUT2D eigenvalue weighted by atomic mass is 79.9. The predicted octanol–water partition coefficient (Wildman–Crippen LogP) is 5.49. The molecule has 17 heavy (non-hydrogen) atoms. The molecule has 0 unspecified atom stereocenters. The average molecular weight is 656 g/mol. The zero-order chi connectivity index (χ0) is 13.5. The summed E-state index contributed by atoms with van der Waals surface area (Å²) >= 11 is 19.3. The van der Waals surface area contributed by atoms with E-state index in [1.807, 2.05) is 0 Å². The fourth-order valence-corrected chi connectivity index (χ4v) is 3.79. The molecule has 0 atom stereocenters. The summed E-state index contributed by atoms with van der Waals surface area (Å²) < 4.78 is 27.1. The second kappa shape index (κ2) is 10.7. The summed E-state index contributed by atoms with van der Waals surface area (Å²) in [5, 5.41) is 0. The van der Waals surface area contributed by atoms with Crippen molar-refractivity contribution >= 4 is 103 Å². The van der Waals surface area contributed by atoms with Crippen molar-refractivity contribution in [3.05, 3.63) is 0 Å². The molecule has 104 valence electrons. The van der Waals surface area contributed by atoms with Gasteiger partial charge in [-0.05, 0) is 0 Å². The van der Waals surface area contributed by atoms with Crippen LogP contribution < -0.4 is 0 Å². The first-order valence-corrected chi connectivity index (χ1v) is 11.1. The summed E-state index contributed by atoms with van der Waals surface area (Å²) in [6.45, 7) is 0.464. The summed E-state index contributed by atoms with van der Waals surface area (Å²) in [4.78, 5) is 0. The van der Waals surface area contributed by atoms with Crippen LogP contribution in [-0.2, 0) is 18.1 Å². The van der Waals surface area contributed by atoms with Crippen molar-refractivity contribution in [2.45, 2.75) is 11.2 Å². The van der Waals surface area contributed by atoms with Crippen LogP contribution in [0.2, 0.25) is 0 Å². The molecule has 11 heteroatoms. The molecule has 0 aromatic rings. The Morgan fingerprint density at radius 1 is 0.706 bits per heavy atom. The van der Waals surface area contributed by atoms with E-state index in [0.717, 1.165) is 0 Å². The van der Waals surface area contributed by atoms with E-state index in [4.69, 9.17) is 13.6 Å². The third kappa shape index (κ3) is 12.4. The first-order valence-electron chi connectivity index (χ1n) is 4.13. The van der Waals surface area contributed by atoms with Crippen LogP contribution in [0.5, 0.6) is 0 Å². The first kappa shape index (κ1) is 20.0. The van der Waals surface area contributed by atoms with Crippen LogP contribution >= 0.6 is 103 Å². The van der Waals surface area contributed by atoms with E-state index in [9.17, 15) is 4.57 Å². The lowest BCUT2D eigenvalue weighted by Gasteiger charge is -2.19. The number of phosphoric acid groups is 1. The summed E-state index contributed by atoms with van der Waals surface area (Å²) in [5.41, 5.74) is 0. The molecule has 0 saturated carbocycles. The number of phosphoric ester groups is 1. The SMILES string of the molecule is O=P(OCC(Br)Br)(OCC(Br)Br)OCC(Br)Br. The minimum absolute atomic E-state index is 0.122. The molecule has 0 aromatic carbocycles. The topological polar surface area (TPSA) is 44.8 Å². The molecular formula is C6H9Br6O4P. The average Bonchev–Trinajstić information content (AvgIpc) is 2.21. The van der Waals surface area contributed by atoms with Crippen molar-refractivity contribution in [3.8, 4) is 0 Å². The lowest BCUT2D eigenvalue weighted by atomic mass is 10.9. The third-order valence-corrected chi connectivity index (χ3v) is 4.06. The van der Waals surface area contributed by atoms with Gasteiger partial charge in [-0.15, -0.1) is 0 Å². The number of halogens is 6. The van der Waals surface area contributed by atoms with Gasteiger partial charge in [-0.3, -0.25) is 13.6 Å². The quantitative estimate of drug-likeness (QED) is 0.244. The number of alkyl halides is 6. The molecule has 0 saturated heterocycles. The van der Waals surface area contributed by atoms with E-state index >= 15 is 0 Å². The summed E-state index contributed by atoms with van der Waals surface area (Å²) in [5.74, 6) is 0. The maximum atomic E-state index is 12.1. The van der Waals surface area contributed by atoms with Crippen molar-refractivity contribution in [3.63, 3.8) is 0 Å². The number of hydrogen-bond donors (Lipinski definition) is 0. The normalized spacial score (nSPS) is 13.0. The maximum Gasteiger partial charge on any atom is 0.474 e. The highest BCUT2D eigenvalue weighted by molar-refractivity contribution is 9.25. The van der Waals surface area contributed by atoms with Crippen LogP contribution in [0.4, 0.5) is 0 Å². The lowest BCUT2D eigenvalue weighted by molar-refractivity contribution is 0.126. The van der Waals surface area contributed by atoms with E-state index in [2.05, 4.69) is 95.6 Å². The zero-order valence-electron chi connectivity index (χ0n) is 8.20. The van der Waals surface area contributed by atoms with Crippen LogP contribution in [0.15, 0.2) is 0 Å². The second-order valence-corrected chi connectivity index (χ2v) is 14.5. The van der Waals surface area contributed by atoms with Crippen LogP contribution in [0.1, 0.15) is 0 Å². The Morgan fingerprint density at radius 3 is 1.12 bits per heavy atom. The van der Waals surface area contributed by atoms with E-state index in [0.29, 0.717) is 0 Å². The fraction of sp³-hybridized carbons (Fsp3) is 1.00. The molecule has 0 bridgehead atoms. The van der Waals surface area contributed by atoms with Gasteiger partial charge in [0.2, 0.25) is 0 Å². The molecule has 0 aliphatic carbocycles. The van der Waals surface area contributed by atoms with Crippen molar-refractivity contribution in [1.29, 1.82) is 0 Å². The molecule has 0 radical (unpaired) electrons. The summed E-state index contributed by atoms with van der Waals surface area (Å²) in [6.07, 6.45) is 0. The van der Waals surface area contributed by atoms with E-state index in [1.165, 1.54) is 0 Å². The standard InChI is InChI=1S/C6H9Br6O4P/c7-4(8)1-14-17(13,15-2-5(9)10)16-3-6(11)12/h4-6H,1-3H2. The minimum Gasteiger partial charge on any atom is -0.285 e. The molecule has 0 amide bonds. The first-order chi connectivity index (χ1) is 7.75. The molecule has 0 spiro atoms. The van der Waals surface area contributed by atoms with Gasteiger partial charge < -0.3 is 0 Å². The second-order valence-electron chi connectivity index (χ2n) is 2.51. The Hall–Kier alpha value is 2.99. The van der Waals surface area contributed by atoms with Crippen molar-refractivity contribution in [2.24, 2.45) is 0 Å². The highest BCUT2D eigenvalue weighted by Crippen LogP contribution is 2.50. The van der Waals surface area contributed by atoms with Gasteiger partial charge in [-0.1, -0.05) is 95.6 Å². The van der Waals surface area contributed by atoms with Crippen molar-refractivity contribution < 1.29 is 18.1 Å². The Kier molecular flexibility index (Phi) is 12.6. The summed E-state index contributed by atoms with van der Waals surface area (Å²) in [6, 6.07) is 0. The Labute approximate surface area is 151 Å². The van der Waals surface area contributed by atoms with Crippen molar-refractivity contribution in [1.82, 2.24) is 0 Å². The van der Waals surface area contributed by atoms with Crippen molar-refractivity contribution in [2.75, 3.05) is 19.8 Å². The fourth-order valence-electron chi connectivity index (χ4n) is 0.555. The molecule has 0 aliphatic rings. The Morgan fingerprint density at radius 2 is 0.941 bits per heavy atom. The van der Waals surface area contributed by atoms with E-state index in [-0.39, 0.29) is 31.0 Å². The van der Waals surface area contributed by atoms with Crippen LogP contribution in [0.25, 0.3) is 0 Å². The zero-order valence-corrected chi connectivity index (χ0v) is 18.6. The highest BCUT2D eigenvalue weighted by Gasteiger charge is 2.29. The van der Waals surface area contributed by atoms with Gasteiger partial charge in [0.15, 0.2) is 0 Å². The van der Waals surface area contributed by atoms with Gasteiger partial charge in [0, 0.05) is 0 Å². The maximum absolute atomic E-state index is 12.1. The monoisotopic (exact) mass is 650 g/mol. The Balaban J connectivity index is 4.29. The van der Waals surface area contributed by atoms with Gasteiger partial charge in [0.05, 0.1) is 31.0 Å². The van der Waals surface area contributed by atoms with Gasteiger partial charge in [-0.25, -0.2) is 4.57 Å². The third-order valence-electron chi connectivity index (χ3n) is 1.08. The molecule has 0 heterocycles. The Bertz CT molecular complexity index is 213. The number of rotatable bonds is 9. The molecule has 0 fully saturated rings. The molecule has 0 aromatic heterocycles. The molecule has 0 aliphatic heterocycles. The van der Waals surface area contributed by atoms with Gasteiger partial charge in [0.1, 0.15) is 0 Å². The number of hydrogen-bond acceptors (Lipinski definition) is 4. The van der Waals surface area contributed by atoms with E-state index in [1.54, 1.807) is 0 Å². The van der Waals surface area contributed by atoms with Crippen LogP contribution in [0.3, 0.4) is 0 Å². The van der Waals surface area contributed by atoms with E-state index < -0.39 is 7.82 Å². The minimum atomic E-state index is -3.56. The van der Waals surface area contributed by atoms with Crippen LogP contribution in [0, 0.1) is 0 Å². The van der Waals surface area contributed by atoms with Gasteiger partial charge >= 0.3 is 7.82 Å². The molecule has 4 nitrogen and oxygen atoms in total. The smallest absolute Gasteiger partial charge is 0.285 e. The molecular weight excluding hydrogens is 646 g/mol. The van der Waals surface area contributed by atoms with Gasteiger partial charge in [0.25, 0.3) is 0 Å². The predicted molar refractivity (Wildman–Crippen MR) is 90.4 cm³/mol. The van der Waals surface area contributed by atoms with Crippen LogP contribution in [-0.4, -0.2) is 31.0 Å². The van der Waals surface area contributed by atoms with Gasteiger partial charge in [-0.2, -0.15) is 0 Å². The summed E-state index contributed by atoms with van der Waals surface area (Å²) in [7, 11) is -3.56. The molecule has 0 N–H and O–H groups in total. The lowest BCUT2D eigenvalue weighted by Crippen LogP contribution is -2.10. The molecule has 0 rings (SSSR count).